The zero-order valence-electron chi connectivity index (χ0n) is 9.77. The van der Waals surface area contributed by atoms with Crippen LogP contribution in [0.3, 0.4) is 0 Å². The molecule has 1 aliphatic rings. The van der Waals surface area contributed by atoms with Crippen LogP contribution in [0.25, 0.3) is 0 Å². The summed E-state index contributed by atoms with van der Waals surface area (Å²) in [6.07, 6.45) is 2.60. The summed E-state index contributed by atoms with van der Waals surface area (Å²) in [5.74, 6) is 0.723. The smallest absolute Gasteiger partial charge is 0.131 e. The van der Waals surface area contributed by atoms with Crippen molar-refractivity contribution in [2.75, 3.05) is 0 Å². The SMILES string of the molecule is Cc1sccc1CNCc1nnc(C2CC2)s1. The van der Waals surface area contributed by atoms with E-state index in [9.17, 15) is 0 Å². The van der Waals surface area contributed by atoms with E-state index in [2.05, 4.69) is 33.9 Å². The van der Waals surface area contributed by atoms with E-state index in [1.54, 1.807) is 22.7 Å². The lowest BCUT2D eigenvalue weighted by atomic mass is 10.3. The van der Waals surface area contributed by atoms with Crippen LogP contribution in [0.1, 0.15) is 39.2 Å². The van der Waals surface area contributed by atoms with Gasteiger partial charge in [-0.25, -0.2) is 0 Å². The summed E-state index contributed by atoms with van der Waals surface area (Å²) in [5, 5.41) is 16.4. The van der Waals surface area contributed by atoms with Gasteiger partial charge in [-0.3, -0.25) is 0 Å². The highest BCUT2D eigenvalue weighted by Crippen LogP contribution is 2.41. The van der Waals surface area contributed by atoms with Crippen LogP contribution in [0.15, 0.2) is 11.4 Å². The van der Waals surface area contributed by atoms with Gasteiger partial charge in [0.25, 0.3) is 0 Å². The molecule has 1 aliphatic carbocycles. The second kappa shape index (κ2) is 4.84. The minimum absolute atomic E-state index is 0.723. The normalized spacial score (nSPS) is 15.4. The first-order valence-corrected chi connectivity index (χ1v) is 7.58. The third kappa shape index (κ3) is 2.73. The molecular weight excluding hydrogens is 250 g/mol. The van der Waals surface area contributed by atoms with Gasteiger partial charge in [-0.15, -0.1) is 21.5 Å². The number of aryl methyl sites for hydroxylation is 1. The molecule has 0 aliphatic heterocycles. The van der Waals surface area contributed by atoms with E-state index in [4.69, 9.17) is 0 Å². The molecule has 1 fully saturated rings. The molecule has 5 heteroatoms. The zero-order valence-corrected chi connectivity index (χ0v) is 11.4. The monoisotopic (exact) mass is 265 g/mol. The van der Waals surface area contributed by atoms with Crippen LogP contribution in [-0.2, 0) is 13.1 Å². The Bertz CT molecular complexity index is 499. The van der Waals surface area contributed by atoms with E-state index in [-0.39, 0.29) is 0 Å². The van der Waals surface area contributed by atoms with E-state index < -0.39 is 0 Å². The van der Waals surface area contributed by atoms with Crippen molar-refractivity contribution in [2.45, 2.75) is 38.8 Å². The molecular formula is C12H15N3S2. The minimum atomic E-state index is 0.723. The number of hydrogen-bond acceptors (Lipinski definition) is 5. The fourth-order valence-electron chi connectivity index (χ4n) is 1.73. The number of hydrogen-bond donors (Lipinski definition) is 1. The summed E-state index contributed by atoms with van der Waals surface area (Å²) >= 11 is 3.56. The van der Waals surface area contributed by atoms with Crippen molar-refractivity contribution >= 4 is 22.7 Å². The van der Waals surface area contributed by atoms with Crippen LogP contribution >= 0.6 is 22.7 Å². The number of aromatic nitrogens is 2. The summed E-state index contributed by atoms with van der Waals surface area (Å²) < 4.78 is 0. The van der Waals surface area contributed by atoms with Crippen molar-refractivity contribution < 1.29 is 0 Å². The summed E-state index contributed by atoms with van der Waals surface area (Å²) in [5.41, 5.74) is 1.39. The second-order valence-corrected chi connectivity index (χ2v) is 6.63. The Kier molecular flexibility index (Phi) is 3.22. The van der Waals surface area contributed by atoms with Crippen molar-refractivity contribution in [3.63, 3.8) is 0 Å². The van der Waals surface area contributed by atoms with E-state index in [0.29, 0.717) is 0 Å². The number of nitrogens with one attached hydrogen (secondary N) is 1. The van der Waals surface area contributed by atoms with Crippen molar-refractivity contribution in [2.24, 2.45) is 0 Å². The van der Waals surface area contributed by atoms with Crippen molar-refractivity contribution in [3.8, 4) is 0 Å². The van der Waals surface area contributed by atoms with Crippen LogP contribution in [0.4, 0.5) is 0 Å². The Balaban J connectivity index is 1.51. The molecule has 0 saturated heterocycles. The summed E-state index contributed by atoms with van der Waals surface area (Å²) in [6, 6.07) is 2.18. The number of rotatable bonds is 5. The molecule has 2 aromatic rings. The number of nitrogens with zero attached hydrogens (tertiary/aromatic N) is 2. The van der Waals surface area contributed by atoms with Crippen LogP contribution in [0, 0.1) is 6.92 Å². The van der Waals surface area contributed by atoms with Crippen LogP contribution in [0.2, 0.25) is 0 Å². The fraction of sp³-hybridized carbons (Fsp3) is 0.500. The molecule has 3 rings (SSSR count). The molecule has 0 radical (unpaired) electrons. The predicted molar refractivity (Wildman–Crippen MR) is 71.5 cm³/mol. The standard InChI is InChI=1S/C12H15N3S2/c1-8-10(4-5-16-8)6-13-7-11-14-15-12(17-11)9-2-3-9/h4-5,9,13H,2-3,6-7H2,1H3. The average Bonchev–Trinajstić information content (AvgIpc) is 2.94. The molecule has 0 atom stereocenters. The average molecular weight is 265 g/mol. The molecule has 1 saturated carbocycles. The van der Waals surface area contributed by atoms with E-state index in [1.807, 2.05) is 0 Å². The molecule has 0 aromatic carbocycles. The first-order chi connectivity index (χ1) is 8.33. The molecule has 17 heavy (non-hydrogen) atoms. The van der Waals surface area contributed by atoms with Crippen LogP contribution < -0.4 is 5.32 Å². The van der Waals surface area contributed by atoms with Gasteiger partial charge in [0.1, 0.15) is 10.0 Å². The van der Waals surface area contributed by atoms with Gasteiger partial charge in [-0.1, -0.05) is 11.3 Å². The maximum atomic E-state index is 4.24. The maximum Gasteiger partial charge on any atom is 0.131 e. The van der Waals surface area contributed by atoms with Gasteiger partial charge in [-0.05, 0) is 36.8 Å². The lowest BCUT2D eigenvalue weighted by Crippen LogP contribution is -2.12. The highest BCUT2D eigenvalue weighted by molar-refractivity contribution is 7.11. The van der Waals surface area contributed by atoms with Crippen molar-refractivity contribution in [1.29, 1.82) is 0 Å². The molecule has 0 amide bonds. The van der Waals surface area contributed by atoms with Gasteiger partial charge in [0.2, 0.25) is 0 Å². The van der Waals surface area contributed by atoms with Crippen LogP contribution in [-0.4, -0.2) is 10.2 Å². The van der Waals surface area contributed by atoms with Crippen LogP contribution in [0.5, 0.6) is 0 Å². The molecule has 0 spiro atoms. The molecule has 90 valence electrons. The minimum Gasteiger partial charge on any atom is -0.306 e. The highest BCUT2D eigenvalue weighted by Gasteiger charge is 2.27. The summed E-state index contributed by atoms with van der Waals surface area (Å²) in [6.45, 7) is 3.92. The molecule has 3 nitrogen and oxygen atoms in total. The molecule has 0 unspecified atom stereocenters. The summed E-state index contributed by atoms with van der Waals surface area (Å²) in [7, 11) is 0. The van der Waals surface area contributed by atoms with Crippen molar-refractivity contribution in [1.82, 2.24) is 15.5 Å². The van der Waals surface area contributed by atoms with Gasteiger partial charge < -0.3 is 5.32 Å². The quantitative estimate of drug-likeness (QED) is 0.903. The Morgan fingerprint density at radius 3 is 2.94 bits per heavy atom. The molecule has 0 bridgehead atoms. The molecule has 1 N–H and O–H groups in total. The fourth-order valence-corrected chi connectivity index (χ4v) is 3.44. The third-order valence-electron chi connectivity index (χ3n) is 2.97. The first-order valence-electron chi connectivity index (χ1n) is 5.89. The topological polar surface area (TPSA) is 37.8 Å². The second-order valence-electron chi connectivity index (χ2n) is 4.41. The van der Waals surface area contributed by atoms with Gasteiger partial charge in [0, 0.05) is 23.9 Å². The third-order valence-corrected chi connectivity index (χ3v) is 4.94. The lowest BCUT2D eigenvalue weighted by Gasteiger charge is -2.00. The highest BCUT2D eigenvalue weighted by atomic mass is 32.1. The van der Waals surface area contributed by atoms with E-state index >= 15 is 0 Å². The maximum absolute atomic E-state index is 4.24. The Labute approximate surface area is 109 Å². The van der Waals surface area contributed by atoms with Gasteiger partial charge >= 0.3 is 0 Å². The van der Waals surface area contributed by atoms with Gasteiger partial charge in [0.05, 0.1) is 0 Å². The largest absolute Gasteiger partial charge is 0.306 e. The van der Waals surface area contributed by atoms with Crippen molar-refractivity contribution in [3.05, 3.63) is 31.9 Å². The lowest BCUT2D eigenvalue weighted by molar-refractivity contribution is 0.683. The Hall–Kier alpha value is -0.780. The van der Waals surface area contributed by atoms with Gasteiger partial charge in [-0.2, -0.15) is 0 Å². The summed E-state index contributed by atoms with van der Waals surface area (Å²) in [4.78, 5) is 1.40. The first kappa shape index (κ1) is 11.3. The van der Waals surface area contributed by atoms with E-state index in [0.717, 1.165) is 24.0 Å². The molecule has 2 aromatic heterocycles. The van der Waals surface area contributed by atoms with Gasteiger partial charge in [0.15, 0.2) is 0 Å². The molecule has 2 heterocycles. The predicted octanol–water partition coefficient (Wildman–Crippen LogP) is 3.08. The zero-order chi connectivity index (χ0) is 11.7. The Morgan fingerprint density at radius 2 is 2.24 bits per heavy atom. The number of thiophene rings is 1. The van der Waals surface area contributed by atoms with E-state index in [1.165, 1.54) is 28.3 Å². The Morgan fingerprint density at radius 1 is 1.35 bits per heavy atom.